The first kappa shape index (κ1) is 9.47. The van der Waals surface area contributed by atoms with Gasteiger partial charge in [0.25, 0.3) is 0 Å². The maximum absolute atomic E-state index is 2.58. The van der Waals surface area contributed by atoms with Crippen molar-refractivity contribution >= 4 is 0 Å². The molecule has 0 aromatic rings. The van der Waals surface area contributed by atoms with Crippen LogP contribution in [0, 0.1) is 0 Å². The van der Waals surface area contributed by atoms with E-state index in [0.29, 0.717) is 0 Å². The van der Waals surface area contributed by atoms with Crippen molar-refractivity contribution in [1.82, 2.24) is 0 Å². The molecule has 2 aliphatic heterocycles. The molecule has 0 aliphatic carbocycles. The third-order valence-electron chi connectivity index (χ3n) is 3.71. The van der Waals surface area contributed by atoms with Gasteiger partial charge in [-0.3, -0.25) is 0 Å². The fraction of sp³-hybridized carbons (Fsp3) is 1.00. The molecule has 2 saturated heterocycles. The van der Waals surface area contributed by atoms with Crippen molar-refractivity contribution < 1.29 is 10.2 Å². The van der Waals surface area contributed by atoms with Crippen LogP contribution in [0.5, 0.6) is 0 Å². The minimum atomic E-state index is 0.974. The summed E-state index contributed by atoms with van der Waals surface area (Å²) in [5.74, 6) is 0. The molecule has 2 heteroatoms. The lowest BCUT2D eigenvalue weighted by Gasteiger charge is -2.21. The topological polar surface area (TPSA) is 21.1 Å². The minimum absolute atomic E-state index is 0.974. The third-order valence-corrected chi connectivity index (χ3v) is 3.71. The van der Waals surface area contributed by atoms with Gasteiger partial charge in [0, 0.05) is 19.3 Å². The van der Waals surface area contributed by atoms with Crippen LogP contribution in [0.15, 0.2) is 0 Å². The number of hydrogen-bond acceptors (Lipinski definition) is 0. The Morgan fingerprint density at radius 1 is 1.08 bits per heavy atom. The Bertz CT molecular complexity index is 135. The summed E-state index contributed by atoms with van der Waals surface area (Å²) in [4.78, 5) is 1.87. The highest BCUT2D eigenvalue weighted by Crippen LogP contribution is 2.03. The van der Waals surface area contributed by atoms with E-state index in [1.54, 1.807) is 0 Å². The van der Waals surface area contributed by atoms with E-state index in [1.807, 2.05) is 4.90 Å². The van der Waals surface area contributed by atoms with E-state index in [1.165, 1.54) is 64.7 Å². The minimum Gasteiger partial charge on any atom is -0.344 e. The summed E-state index contributed by atoms with van der Waals surface area (Å²) < 4.78 is 0. The third kappa shape index (κ3) is 2.96. The summed E-state index contributed by atoms with van der Waals surface area (Å²) in [6.45, 7) is 5.74. The highest BCUT2D eigenvalue weighted by Gasteiger charge is 2.20. The molecule has 2 rings (SSSR count). The Hall–Kier alpha value is -0.0800. The number of likely N-dealkylation sites (tertiary alicyclic amines) is 1. The molecule has 2 aliphatic rings. The zero-order valence-corrected chi connectivity index (χ0v) is 8.73. The van der Waals surface area contributed by atoms with Crippen LogP contribution in [0.2, 0.25) is 0 Å². The second-order valence-electron chi connectivity index (χ2n) is 4.78. The number of quaternary nitrogens is 2. The molecule has 13 heavy (non-hydrogen) atoms. The zero-order chi connectivity index (χ0) is 8.93. The van der Waals surface area contributed by atoms with E-state index in [-0.39, 0.29) is 0 Å². The number of hydrogen-bond donors (Lipinski definition) is 2. The van der Waals surface area contributed by atoms with Crippen molar-refractivity contribution in [2.24, 2.45) is 0 Å². The average molecular weight is 184 g/mol. The predicted molar refractivity (Wildman–Crippen MR) is 53.8 cm³/mol. The van der Waals surface area contributed by atoms with Gasteiger partial charge in [-0.15, -0.1) is 0 Å². The second kappa shape index (κ2) is 4.97. The number of piperidine rings is 1. The summed E-state index contributed by atoms with van der Waals surface area (Å²) in [5.41, 5.74) is 0. The molecular weight excluding hydrogens is 160 g/mol. The molecule has 0 unspecified atom stereocenters. The van der Waals surface area contributed by atoms with Crippen LogP contribution >= 0.6 is 0 Å². The summed E-state index contributed by atoms with van der Waals surface area (Å²) in [6, 6.07) is 0.974. The quantitative estimate of drug-likeness (QED) is 0.571. The molecule has 76 valence electrons. The van der Waals surface area contributed by atoms with Gasteiger partial charge >= 0.3 is 0 Å². The van der Waals surface area contributed by atoms with E-state index in [4.69, 9.17) is 0 Å². The van der Waals surface area contributed by atoms with Crippen LogP contribution in [-0.2, 0) is 0 Å². The molecule has 2 fully saturated rings. The average Bonchev–Trinajstić information content (AvgIpc) is 2.69. The van der Waals surface area contributed by atoms with Gasteiger partial charge in [0.1, 0.15) is 0 Å². The van der Waals surface area contributed by atoms with E-state index >= 15 is 0 Å². The fourth-order valence-electron chi connectivity index (χ4n) is 2.80. The molecule has 0 aromatic carbocycles. The predicted octanol–water partition coefficient (Wildman–Crippen LogP) is -0.829. The molecule has 2 nitrogen and oxygen atoms in total. The van der Waals surface area contributed by atoms with Crippen LogP contribution in [-0.4, -0.2) is 32.2 Å². The number of nitrogens with two attached hydrogens (primary N) is 1. The first-order valence-corrected chi connectivity index (χ1v) is 6.12. The largest absolute Gasteiger partial charge is 0.344 e. The Morgan fingerprint density at radius 2 is 1.92 bits per heavy atom. The molecule has 0 radical (unpaired) electrons. The first-order valence-electron chi connectivity index (χ1n) is 6.12. The lowest BCUT2D eigenvalue weighted by Crippen LogP contribution is -3.10. The maximum Gasteiger partial charge on any atom is 0.0913 e. The fourth-order valence-corrected chi connectivity index (χ4v) is 2.80. The standard InChI is InChI=1S/C11H22N2/c1-2-7-12-11(5-1)6-10-13-8-3-4-9-13/h11-12H,1-10H2/p+2/t11-/m0/s1. The van der Waals surface area contributed by atoms with Gasteiger partial charge in [-0.25, -0.2) is 0 Å². The molecule has 0 spiro atoms. The van der Waals surface area contributed by atoms with Crippen molar-refractivity contribution in [3.05, 3.63) is 0 Å². The van der Waals surface area contributed by atoms with Crippen LogP contribution in [0.3, 0.4) is 0 Å². The van der Waals surface area contributed by atoms with Gasteiger partial charge in [0.15, 0.2) is 0 Å². The SMILES string of the molecule is C1CC[C@@H](CC[NH+]2CCCC2)[NH2+]C1. The molecule has 1 atom stereocenters. The lowest BCUT2D eigenvalue weighted by molar-refractivity contribution is -0.890. The Morgan fingerprint density at radius 3 is 2.62 bits per heavy atom. The summed E-state index contributed by atoms with van der Waals surface area (Å²) >= 11 is 0. The molecular formula is C11H24N2+2. The van der Waals surface area contributed by atoms with Crippen LogP contribution in [0.25, 0.3) is 0 Å². The number of nitrogens with one attached hydrogen (secondary N) is 1. The number of rotatable bonds is 3. The van der Waals surface area contributed by atoms with Crippen LogP contribution in [0.1, 0.15) is 38.5 Å². The molecule has 0 bridgehead atoms. The van der Waals surface area contributed by atoms with Gasteiger partial charge in [-0.2, -0.15) is 0 Å². The highest BCUT2D eigenvalue weighted by molar-refractivity contribution is 4.58. The van der Waals surface area contributed by atoms with Crippen molar-refractivity contribution in [1.29, 1.82) is 0 Å². The van der Waals surface area contributed by atoms with Crippen molar-refractivity contribution in [2.45, 2.75) is 44.6 Å². The maximum atomic E-state index is 2.58. The van der Waals surface area contributed by atoms with E-state index < -0.39 is 0 Å². The van der Waals surface area contributed by atoms with Crippen LogP contribution < -0.4 is 10.2 Å². The van der Waals surface area contributed by atoms with Gasteiger partial charge in [-0.1, -0.05) is 0 Å². The molecule has 0 aromatic heterocycles. The van der Waals surface area contributed by atoms with E-state index in [0.717, 1.165) is 6.04 Å². The van der Waals surface area contributed by atoms with Gasteiger partial charge < -0.3 is 10.2 Å². The van der Waals surface area contributed by atoms with Crippen molar-refractivity contribution in [2.75, 3.05) is 26.2 Å². The van der Waals surface area contributed by atoms with Gasteiger partial charge in [0.2, 0.25) is 0 Å². The normalized spacial score (nSPS) is 30.9. The van der Waals surface area contributed by atoms with Crippen molar-refractivity contribution in [3.63, 3.8) is 0 Å². The molecule has 2 heterocycles. The zero-order valence-electron chi connectivity index (χ0n) is 8.73. The second-order valence-corrected chi connectivity index (χ2v) is 4.78. The molecule has 0 saturated carbocycles. The summed E-state index contributed by atoms with van der Waals surface area (Å²) in [6.07, 6.45) is 8.83. The Kier molecular flexibility index (Phi) is 3.62. The molecule has 3 N–H and O–H groups in total. The smallest absolute Gasteiger partial charge is 0.0913 e. The van der Waals surface area contributed by atoms with Crippen molar-refractivity contribution in [3.8, 4) is 0 Å². The Balaban J connectivity index is 1.60. The highest BCUT2D eigenvalue weighted by atomic mass is 15.1. The lowest BCUT2D eigenvalue weighted by atomic mass is 10.0. The Labute approximate surface area is 81.7 Å². The molecule has 0 amide bonds. The van der Waals surface area contributed by atoms with Crippen LogP contribution in [0.4, 0.5) is 0 Å². The van der Waals surface area contributed by atoms with Gasteiger partial charge in [-0.05, 0) is 19.3 Å². The van der Waals surface area contributed by atoms with E-state index in [9.17, 15) is 0 Å². The monoisotopic (exact) mass is 184 g/mol. The summed E-state index contributed by atoms with van der Waals surface area (Å²) in [5, 5.41) is 2.58. The summed E-state index contributed by atoms with van der Waals surface area (Å²) in [7, 11) is 0. The van der Waals surface area contributed by atoms with Gasteiger partial charge in [0.05, 0.1) is 32.2 Å². The van der Waals surface area contributed by atoms with E-state index in [2.05, 4.69) is 5.32 Å². The first-order chi connectivity index (χ1) is 6.45.